The van der Waals surface area contributed by atoms with E-state index in [1.807, 2.05) is 24.3 Å². The molecule has 0 unspecified atom stereocenters. The molecule has 1 heterocycles. The molecule has 1 amide bonds. The Labute approximate surface area is 180 Å². The Balaban J connectivity index is 1.79. The molecule has 144 valence electrons. The van der Waals surface area contributed by atoms with Gasteiger partial charge >= 0.3 is 5.63 Å². The van der Waals surface area contributed by atoms with Gasteiger partial charge in [0.1, 0.15) is 5.58 Å². The lowest BCUT2D eigenvalue weighted by Gasteiger charge is -2.15. The van der Waals surface area contributed by atoms with Crippen LogP contribution in [0.3, 0.4) is 0 Å². The summed E-state index contributed by atoms with van der Waals surface area (Å²) in [4.78, 5) is 25.1. The van der Waals surface area contributed by atoms with Crippen LogP contribution in [0.25, 0.3) is 22.1 Å². The van der Waals surface area contributed by atoms with Crippen LogP contribution >= 0.6 is 27.5 Å². The molecule has 0 saturated carbocycles. The third-order valence-electron chi connectivity index (χ3n) is 4.65. The molecule has 4 nitrogen and oxygen atoms in total. The lowest BCUT2D eigenvalue weighted by Crippen LogP contribution is -2.13. The fourth-order valence-corrected chi connectivity index (χ4v) is 4.13. The summed E-state index contributed by atoms with van der Waals surface area (Å²) in [5, 5.41) is 4.00. The summed E-state index contributed by atoms with van der Waals surface area (Å²) < 4.78 is 6.09. The second kappa shape index (κ2) is 7.85. The van der Waals surface area contributed by atoms with Crippen molar-refractivity contribution in [2.24, 2.45) is 0 Å². The number of para-hydroxylation sites is 1. The molecule has 0 aliphatic heterocycles. The standard InChI is InChI=1S/C23H15BrClNO3/c1-13-20(16-11-15-9-5-6-10-19(15)29-23(16)28)17(24)12-18(21(13)25)26-22(27)14-7-3-2-4-8-14/h2-12H,1H3,(H,26,27). The van der Waals surface area contributed by atoms with Crippen LogP contribution in [-0.2, 0) is 0 Å². The molecule has 0 spiro atoms. The first-order chi connectivity index (χ1) is 14.0. The Bertz CT molecular complexity index is 1300. The van der Waals surface area contributed by atoms with Gasteiger partial charge in [-0.05, 0) is 42.8 Å². The van der Waals surface area contributed by atoms with Gasteiger partial charge in [0.2, 0.25) is 0 Å². The summed E-state index contributed by atoms with van der Waals surface area (Å²) in [6, 6.07) is 19.7. The third-order valence-corrected chi connectivity index (χ3v) is 5.76. The molecule has 4 aromatic rings. The van der Waals surface area contributed by atoms with Crippen LogP contribution in [0, 0.1) is 6.92 Å². The SMILES string of the molecule is Cc1c(Cl)c(NC(=O)c2ccccc2)cc(Br)c1-c1cc2ccccc2oc1=O. The number of amides is 1. The summed E-state index contributed by atoms with van der Waals surface area (Å²) in [5.74, 6) is -0.267. The van der Waals surface area contributed by atoms with Crippen LogP contribution in [0.1, 0.15) is 15.9 Å². The average Bonchev–Trinajstić information content (AvgIpc) is 2.72. The number of carbonyl (C=O) groups is 1. The maximum absolute atomic E-state index is 12.6. The highest BCUT2D eigenvalue weighted by molar-refractivity contribution is 9.10. The highest BCUT2D eigenvalue weighted by atomic mass is 79.9. The fraction of sp³-hybridized carbons (Fsp3) is 0.0435. The molecule has 6 heteroatoms. The second-order valence-corrected chi connectivity index (χ2v) is 7.76. The van der Waals surface area contributed by atoms with Crippen molar-refractivity contribution in [3.8, 4) is 11.1 Å². The lowest BCUT2D eigenvalue weighted by atomic mass is 10.00. The molecule has 0 aliphatic carbocycles. The summed E-state index contributed by atoms with van der Waals surface area (Å²) >= 11 is 10.1. The van der Waals surface area contributed by atoms with Gasteiger partial charge in [-0.1, -0.05) is 63.9 Å². The maximum Gasteiger partial charge on any atom is 0.344 e. The Morgan fingerprint density at radius 2 is 1.72 bits per heavy atom. The molecule has 0 radical (unpaired) electrons. The zero-order valence-electron chi connectivity index (χ0n) is 15.3. The molecule has 29 heavy (non-hydrogen) atoms. The van der Waals surface area contributed by atoms with Crippen molar-refractivity contribution in [2.45, 2.75) is 6.92 Å². The minimum absolute atomic E-state index is 0.267. The van der Waals surface area contributed by atoms with Crippen LogP contribution in [0.5, 0.6) is 0 Å². The van der Waals surface area contributed by atoms with Gasteiger partial charge in [0.25, 0.3) is 5.91 Å². The van der Waals surface area contributed by atoms with Crippen LogP contribution in [0.4, 0.5) is 5.69 Å². The summed E-state index contributed by atoms with van der Waals surface area (Å²) in [6.45, 7) is 1.80. The predicted octanol–water partition coefficient (Wildman–Crippen LogP) is 6.44. The zero-order chi connectivity index (χ0) is 20.5. The van der Waals surface area contributed by atoms with Crippen molar-refractivity contribution in [3.63, 3.8) is 0 Å². The van der Waals surface area contributed by atoms with E-state index in [1.165, 1.54) is 0 Å². The number of halogens is 2. The monoisotopic (exact) mass is 467 g/mol. The highest BCUT2D eigenvalue weighted by Gasteiger charge is 2.19. The van der Waals surface area contributed by atoms with Crippen LogP contribution < -0.4 is 10.9 Å². The van der Waals surface area contributed by atoms with Crippen molar-refractivity contribution >= 4 is 50.1 Å². The van der Waals surface area contributed by atoms with Gasteiger partial charge in [-0.3, -0.25) is 4.79 Å². The molecule has 0 aliphatic rings. The van der Waals surface area contributed by atoms with Gasteiger partial charge in [-0.25, -0.2) is 4.79 Å². The van der Waals surface area contributed by atoms with E-state index in [2.05, 4.69) is 21.2 Å². The van der Waals surface area contributed by atoms with Crippen LogP contribution in [0.2, 0.25) is 5.02 Å². The largest absolute Gasteiger partial charge is 0.422 e. The van der Waals surface area contributed by atoms with Crippen LogP contribution in [0.15, 0.2) is 80.4 Å². The summed E-state index contributed by atoms with van der Waals surface area (Å²) in [7, 11) is 0. The molecule has 0 saturated heterocycles. The lowest BCUT2D eigenvalue weighted by molar-refractivity contribution is 0.102. The highest BCUT2D eigenvalue weighted by Crippen LogP contribution is 2.39. The Kier molecular flexibility index (Phi) is 5.26. The maximum atomic E-state index is 12.6. The van der Waals surface area contributed by atoms with Crippen molar-refractivity contribution < 1.29 is 9.21 Å². The van der Waals surface area contributed by atoms with E-state index in [4.69, 9.17) is 16.0 Å². The second-order valence-electron chi connectivity index (χ2n) is 6.53. The predicted molar refractivity (Wildman–Crippen MR) is 120 cm³/mol. The van der Waals surface area contributed by atoms with Crippen molar-refractivity contribution in [1.82, 2.24) is 0 Å². The van der Waals surface area contributed by atoms with E-state index in [9.17, 15) is 9.59 Å². The van der Waals surface area contributed by atoms with Gasteiger partial charge < -0.3 is 9.73 Å². The van der Waals surface area contributed by atoms with E-state index in [-0.39, 0.29) is 5.91 Å². The molecular formula is C23H15BrClNO3. The molecule has 0 atom stereocenters. The number of fused-ring (bicyclic) bond motifs is 1. The molecule has 1 N–H and O–H groups in total. The first-order valence-electron chi connectivity index (χ1n) is 8.84. The number of hydrogen-bond acceptors (Lipinski definition) is 3. The van der Waals surface area contributed by atoms with Gasteiger partial charge in [-0.2, -0.15) is 0 Å². The minimum atomic E-state index is -0.454. The molecule has 4 rings (SSSR count). The van der Waals surface area contributed by atoms with E-state index in [1.54, 1.807) is 49.4 Å². The van der Waals surface area contributed by atoms with Crippen LogP contribution in [-0.4, -0.2) is 5.91 Å². The fourth-order valence-electron chi connectivity index (χ4n) is 3.19. The van der Waals surface area contributed by atoms with E-state index >= 15 is 0 Å². The molecule has 3 aromatic carbocycles. The zero-order valence-corrected chi connectivity index (χ0v) is 17.7. The molecule has 0 fully saturated rings. The van der Waals surface area contributed by atoms with E-state index < -0.39 is 5.63 Å². The van der Waals surface area contributed by atoms with Gasteiger partial charge in [-0.15, -0.1) is 0 Å². The minimum Gasteiger partial charge on any atom is -0.422 e. The molecule has 0 bridgehead atoms. The first-order valence-corrected chi connectivity index (χ1v) is 10.0. The van der Waals surface area contributed by atoms with E-state index in [0.717, 1.165) is 5.39 Å². The number of hydrogen-bond donors (Lipinski definition) is 1. The Hall–Kier alpha value is -2.89. The Morgan fingerprint density at radius 1 is 1.03 bits per heavy atom. The third kappa shape index (κ3) is 3.71. The van der Waals surface area contributed by atoms with Crippen molar-refractivity contribution in [2.75, 3.05) is 5.32 Å². The van der Waals surface area contributed by atoms with E-state index in [0.29, 0.717) is 43.0 Å². The van der Waals surface area contributed by atoms with Crippen molar-refractivity contribution in [1.29, 1.82) is 0 Å². The molecular weight excluding hydrogens is 454 g/mol. The molecule has 1 aromatic heterocycles. The summed E-state index contributed by atoms with van der Waals surface area (Å²) in [6.07, 6.45) is 0. The number of nitrogens with one attached hydrogen (secondary N) is 1. The first kappa shape index (κ1) is 19.4. The smallest absolute Gasteiger partial charge is 0.344 e. The van der Waals surface area contributed by atoms with Gasteiger partial charge in [0.15, 0.2) is 0 Å². The van der Waals surface area contributed by atoms with Gasteiger partial charge in [0.05, 0.1) is 16.3 Å². The van der Waals surface area contributed by atoms with Gasteiger partial charge in [0, 0.05) is 21.0 Å². The number of benzene rings is 3. The van der Waals surface area contributed by atoms with Crippen molar-refractivity contribution in [3.05, 3.63) is 97.8 Å². The Morgan fingerprint density at radius 3 is 2.48 bits per heavy atom. The number of rotatable bonds is 3. The normalized spacial score (nSPS) is 10.9. The number of carbonyl (C=O) groups excluding carboxylic acids is 1. The number of anilines is 1. The average molecular weight is 469 g/mol. The summed E-state index contributed by atoms with van der Waals surface area (Å²) in [5.41, 5.74) is 2.74. The topological polar surface area (TPSA) is 59.3 Å². The quantitative estimate of drug-likeness (QED) is 0.352.